The number of nitrogens with one attached hydrogen (secondary N) is 1. The molecule has 22 heavy (non-hydrogen) atoms. The summed E-state index contributed by atoms with van der Waals surface area (Å²) in [6, 6.07) is 7.78. The van der Waals surface area contributed by atoms with Gasteiger partial charge in [0.05, 0.1) is 11.3 Å². The summed E-state index contributed by atoms with van der Waals surface area (Å²) in [4.78, 5) is 20.8. The second kappa shape index (κ2) is 6.15. The molecule has 7 heteroatoms. The molecular weight excluding hydrogens is 298 g/mol. The van der Waals surface area contributed by atoms with Crippen molar-refractivity contribution in [3.05, 3.63) is 42.7 Å². The highest BCUT2D eigenvalue weighted by atomic mass is 32.2. The fourth-order valence-corrected chi connectivity index (χ4v) is 2.87. The first-order chi connectivity index (χ1) is 10.7. The Morgan fingerprint density at radius 1 is 1.41 bits per heavy atom. The van der Waals surface area contributed by atoms with E-state index < -0.39 is 0 Å². The van der Waals surface area contributed by atoms with Gasteiger partial charge in [0.15, 0.2) is 10.8 Å². The number of thioether (sulfide) groups is 1. The summed E-state index contributed by atoms with van der Waals surface area (Å²) in [7, 11) is 0. The van der Waals surface area contributed by atoms with Crippen LogP contribution in [-0.2, 0) is 4.79 Å². The lowest BCUT2D eigenvalue weighted by Gasteiger charge is -2.06. The number of carbonyl (C=O) groups excluding carboxylic acids is 1. The highest BCUT2D eigenvalue weighted by Gasteiger charge is 2.13. The lowest BCUT2D eigenvalue weighted by atomic mass is 10.2. The molecule has 0 unspecified atom stereocenters. The molecule has 0 bridgehead atoms. The van der Waals surface area contributed by atoms with Crippen LogP contribution in [0.15, 0.2) is 42.1 Å². The molecule has 0 aliphatic carbocycles. The van der Waals surface area contributed by atoms with Gasteiger partial charge in [-0.1, -0.05) is 30.0 Å². The van der Waals surface area contributed by atoms with Crippen LogP contribution in [0.25, 0.3) is 16.6 Å². The predicted molar refractivity (Wildman–Crippen MR) is 87.0 cm³/mol. The zero-order valence-corrected chi connectivity index (χ0v) is 12.9. The Labute approximate surface area is 131 Å². The summed E-state index contributed by atoms with van der Waals surface area (Å²) >= 11 is 1.34. The van der Waals surface area contributed by atoms with E-state index in [1.807, 2.05) is 31.2 Å². The van der Waals surface area contributed by atoms with Crippen molar-refractivity contribution >= 4 is 34.2 Å². The number of hydrogen-bond acceptors (Lipinski definition) is 5. The Balaban J connectivity index is 1.97. The van der Waals surface area contributed by atoms with E-state index in [1.165, 1.54) is 11.8 Å². The maximum Gasteiger partial charge on any atom is 0.230 e. The first-order valence-corrected chi connectivity index (χ1v) is 7.80. The Morgan fingerprint density at radius 3 is 3.05 bits per heavy atom. The highest BCUT2D eigenvalue weighted by Crippen LogP contribution is 2.23. The Kier molecular flexibility index (Phi) is 4.06. The smallest absolute Gasteiger partial charge is 0.230 e. The molecule has 1 N–H and O–H groups in total. The first-order valence-electron chi connectivity index (χ1n) is 6.81. The van der Waals surface area contributed by atoms with Crippen LogP contribution < -0.4 is 5.32 Å². The molecule has 0 spiro atoms. The number of rotatable bonds is 5. The van der Waals surface area contributed by atoms with Gasteiger partial charge in [-0.05, 0) is 19.1 Å². The van der Waals surface area contributed by atoms with Gasteiger partial charge < -0.3 is 5.32 Å². The number of hydrogen-bond donors (Lipinski definition) is 1. The third-order valence-corrected chi connectivity index (χ3v) is 3.96. The predicted octanol–water partition coefficient (Wildman–Crippen LogP) is 1.98. The fourth-order valence-electron chi connectivity index (χ4n) is 2.09. The van der Waals surface area contributed by atoms with Crippen molar-refractivity contribution in [3.63, 3.8) is 0 Å². The molecule has 3 rings (SSSR count). The van der Waals surface area contributed by atoms with Gasteiger partial charge in [-0.2, -0.15) is 4.52 Å². The topological polar surface area (TPSA) is 72.2 Å². The number of aryl methyl sites for hydroxylation is 1. The molecule has 112 valence electrons. The van der Waals surface area contributed by atoms with Gasteiger partial charge >= 0.3 is 0 Å². The molecule has 3 aromatic rings. The van der Waals surface area contributed by atoms with Crippen molar-refractivity contribution < 1.29 is 4.79 Å². The van der Waals surface area contributed by atoms with Gasteiger partial charge in [0.1, 0.15) is 5.82 Å². The van der Waals surface area contributed by atoms with Crippen LogP contribution in [-0.4, -0.2) is 37.8 Å². The number of nitrogens with zero attached hydrogens (tertiary/aromatic N) is 4. The van der Waals surface area contributed by atoms with E-state index in [9.17, 15) is 4.79 Å². The molecule has 0 atom stereocenters. The van der Waals surface area contributed by atoms with Crippen LogP contribution in [0.2, 0.25) is 0 Å². The molecule has 2 heterocycles. The van der Waals surface area contributed by atoms with E-state index in [2.05, 4.69) is 27.0 Å². The van der Waals surface area contributed by atoms with Crippen molar-refractivity contribution in [2.45, 2.75) is 12.1 Å². The van der Waals surface area contributed by atoms with E-state index in [0.717, 1.165) is 16.6 Å². The molecule has 0 fully saturated rings. The van der Waals surface area contributed by atoms with Crippen molar-refractivity contribution in [2.24, 2.45) is 0 Å². The maximum atomic E-state index is 11.7. The number of carbonyl (C=O) groups is 1. The van der Waals surface area contributed by atoms with Crippen LogP contribution in [0.4, 0.5) is 0 Å². The van der Waals surface area contributed by atoms with Gasteiger partial charge in [0.2, 0.25) is 5.91 Å². The van der Waals surface area contributed by atoms with Crippen molar-refractivity contribution in [3.8, 4) is 0 Å². The summed E-state index contributed by atoms with van der Waals surface area (Å²) in [5, 5.41) is 8.72. The zero-order valence-electron chi connectivity index (χ0n) is 12.1. The maximum absolute atomic E-state index is 11.7. The molecule has 0 radical (unpaired) electrons. The minimum atomic E-state index is -0.0650. The molecule has 6 nitrogen and oxygen atoms in total. The summed E-state index contributed by atoms with van der Waals surface area (Å²) in [6.45, 7) is 5.87. The normalized spacial score (nSPS) is 11.0. The molecule has 0 saturated heterocycles. The number of benzene rings is 1. The minimum Gasteiger partial charge on any atom is -0.352 e. The Hall–Kier alpha value is -2.41. The Bertz CT molecular complexity index is 858. The van der Waals surface area contributed by atoms with E-state index in [4.69, 9.17) is 0 Å². The first kappa shape index (κ1) is 14.5. The Morgan fingerprint density at radius 2 is 2.23 bits per heavy atom. The summed E-state index contributed by atoms with van der Waals surface area (Å²) in [5.74, 6) is 0.883. The molecule has 0 aliphatic rings. The van der Waals surface area contributed by atoms with E-state index in [1.54, 1.807) is 10.6 Å². The van der Waals surface area contributed by atoms with E-state index >= 15 is 0 Å². The van der Waals surface area contributed by atoms with Gasteiger partial charge in [0, 0.05) is 11.9 Å². The average molecular weight is 313 g/mol. The SMILES string of the molecule is C=CCNC(=O)CSc1nc2ccccc2c2nc(C)nn12. The van der Waals surface area contributed by atoms with Gasteiger partial charge in [-0.15, -0.1) is 11.7 Å². The largest absolute Gasteiger partial charge is 0.352 e. The average Bonchev–Trinajstić information content (AvgIpc) is 2.92. The zero-order chi connectivity index (χ0) is 15.5. The van der Waals surface area contributed by atoms with Crippen LogP contribution in [0.1, 0.15) is 5.82 Å². The lowest BCUT2D eigenvalue weighted by molar-refractivity contribution is -0.118. The summed E-state index contributed by atoms with van der Waals surface area (Å²) in [6.07, 6.45) is 1.65. The van der Waals surface area contributed by atoms with Crippen LogP contribution in [0.5, 0.6) is 0 Å². The monoisotopic (exact) mass is 313 g/mol. The molecule has 2 aromatic heterocycles. The van der Waals surface area contributed by atoms with E-state index in [-0.39, 0.29) is 11.7 Å². The molecule has 1 amide bonds. The third-order valence-electron chi connectivity index (χ3n) is 3.03. The number of amides is 1. The van der Waals surface area contributed by atoms with Crippen molar-refractivity contribution in [1.29, 1.82) is 0 Å². The molecular formula is C15H15N5OS. The minimum absolute atomic E-state index is 0.0650. The fraction of sp³-hybridized carbons (Fsp3) is 0.200. The molecule has 0 aliphatic heterocycles. The van der Waals surface area contributed by atoms with E-state index in [0.29, 0.717) is 17.5 Å². The third kappa shape index (κ3) is 2.80. The quantitative estimate of drug-likeness (QED) is 0.443. The summed E-state index contributed by atoms with van der Waals surface area (Å²) in [5.41, 5.74) is 1.61. The highest BCUT2D eigenvalue weighted by molar-refractivity contribution is 7.99. The lowest BCUT2D eigenvalue weighted by Crippen LogP contribution is -2.25. The summed E-state index contributed by atoms with van der Waals surface area (Å²) < 4.78 is 1.70. The number of para-hydroxylation sites is 1. The standard InChI is InChI=1S/C15H15N5OS/c1-3-8-16-13(21)9-22-15-18-12-7-5-4-6-11(12)14-17-10(2)19-20(14)15/h3-7H,1,8-9H2,2H3,(H,16,21). The molecule has 0 saturated carbocycles. The van der Waals surface area contributed by atoms with Crippen molar-refractivity contribution in [1.82, 2.24) is 24.9 Å². The van der Waals surface area contributed by atoms with Crippen LogP contribution in [0, 0.1) is 6.92 Å². The number of aromatic nitrogens is 4. The van der Waals surface area contributed by atoms with Crippen molar-refractivity contribution in [2.75, 3.05) is 12.3 Å². The second-order valence-electron chi connectivity index (χ2n) is 4.69. The van der Waals surface area contributed by atoms with Gasteiger partial charge in [-0.25, -0.2) is 9.97 Å². The van der Waals surface area contributed by atoms with Gasteiger partial charge in [-0.3, -0.25) is 4.79 Å². The van der Waals surface area contributed by atoms with Crippen LogP contribution in [0.3, 0.4) is 0 Å². The molecule has 1 aromatic carbocycles. The van der Waals surface area contributed by atoms with Crippen LogP contribution >= 0.6 is 11.8 Å². The number of fused-ring (bicyclic) bond motifs is 3. The second-order valence-corrected chi connectivity index (χ2v) is 5.63. The van der Waals surface area contributed by atoms with Gasteiger partial charge in [0.25, 0.3) is 0 Å².